The van der Waals surface area contributed by atoms with E-state index in [2.05, 4.69) is 25.1 Å². The van der Waals surface area contributed by atoms with Gasteiger partial charge in [-0.2, -0.15) is 9.97 Å². The number of esters is 2. The fourth-order valence-electron chi connectivity index (χ4n) is 5.50. The van der Waals surface area contributed by atoms with Gasteiger partial charge in [0.05, 0.1) is 33.3 Å². The molecule has 17 nitrogen and oxygen atoms in total. The second-order valence-electron chi connectivity index (χ2n) is 11.4. The number of nitrogen functional groups attached to an aromatic ring is 1. The Morgan fingerprint density at radius 1 is 1.00 bits per heavy atom. The summed E-state index contributed by atoms with van der Waals surface area (Å²) in [7, 11) is -3.14. The molecule has 268 valence electrons. The predicted octanol–water partition coefficient (Wildman–Crippen LogP) is 2.34. The van der Waals surface area contributed by atoms with E-state index in [0.29, 0.717) is 11.1 Å². The van der Waals surface area contributed by atoms with E-state index in [1.165, 1.54) is 24.9 Å². The molecule has 18 heteroatoms. The molecule has 0 aliphatic carbocycles. The number of rotatable bonds is 15. The summed E-state index contributed by atoms with van der Waals surface area (Å²) in [5.74, 6) is -1.57. The first-order chi connectivity index (χ1) is 23.9. The van der Waals surface area contributed by atoms with Gasteiger partial charge in [0.15, 0.2) is 17.4 Å². The number of imidazole rings is 1. The first-order valence-corrected chi connectivity index (χ1v) is 17.4. The van der Waals surface area contributed by atoms with Crippen LogP contribution in [0.15, 0.2) is 67.0 Å². The number of aliphatic hydroxyl groups is 2. The lowest BCUT2D eigenvalue weighted by atomic mass is 9.96. The SMILES string of the molecule is CCOC(=O)[C@@H](NP(=O)(N[C@@H](C(=O)OCC)c1ccccc1)OC[C@H]1O[C@@H](n2cnc3c(OC)nc(N)nc32)[C@@](C)(O)C1O)c1ccccc1. The maximum Gasteiger partial charge on any atom is 0.342 e. The molecular weight excluding hydrogens is 673 g/mol. The van der Waals surface area contributed by atoms with Crippen molar-refractivity contribution in [3.8, 4) is 5.88 Å². The van der Waals surface area contributed by atoms with E-state index in [9.17, 15) is 24.4 Å². The minimum Gasteiger partial charge on any atom is -0.479 e. The molecule has 3 heterocycles. The van der Waals surface area contributed by atoms with Crippen LogP contribution in [0.2, 0.25) is 0 Å². The Balaban J connectivity index is 1.49. The van der Waals surface area contributed by atoms with E-state index < -0.39 is 62.3 Å². The Bertz CT molecular complexity index is 1760. The summed E-state index contributed by atoms with van der Waals surface area (Å²) in [5.41, 5.74) is 5.07. The van der Waals surface area contributed by atoms with Crippen LogP contribution in [-0.4, -0.2) is 86.4 Å². The Labute approximate surface area is 287 Å². The minimum atomic E-state index is -4.52. The summed E-state index contributed by atoms with van der Waals surface area (Å²) in [5, 5.41) is 28.3. The molecule has 7 atom stereocenters. The number of carbonyl (C=O) groups excluding carboxylic acids is 2. The van der Waals surface area contributed by atoms with Gasteiger partial charge < -0.3 is 39.4 Å². The average molecular weight is 714 g/mol. The van der Waals surface area contributed by atoms with Gasteiger partial charge >= 0.3 is 19.6 Å². The number of benzene rings is 2. The van der Waals surface area contributed by atoms with Crippen molar-refractivity contribution in [2.75, 3.05) is 32.7 Å². The van der Waals surface area contributed by atoms with Crippen LogP contribution in [0.5, 0.6) is 5.88 Å². The zero-order chi connectivity index (χ0) is 36.1. The zero-order valence-corrected chi connectivity index (χ0v) is 28.7. The van der Waals surface area contributed by atoms with Crippen molar-refractivity contribution in [1.82, 2.24) is 29.7 Å². The quantitative estimate of drug-likeness (QED) is 0.0879. The number of aliphatic hydroxyl groups excluding tert-OH is 1. The third-order valence-corrected chi connectivity index (χ3v) is 9.65. The molecule has 0 saturated carbocycles. The van der Waals surface area contributed by atoms with Crippen LogP contribution in [0.25, 0.3) is 11.2 Å². The van der Waals surface area contributed by atoms with Crippen LogP contribution in [-0.2, 0) is 32.9 Å². The van der Waals surface area contributed by atoms with E-state index in [0.717, 1.165) is 0 Å². The topological polar surface area (TPSA) is 232 Å². The Hall–Kier alpha value is -4.48. The molecule has 2 unspecified atom stereocenters. The Kier molecular flexibility index (Phi) is 11.5. The highest BCUT2D eigenvalue weighted by molar-refractivity contribution is 7.54. The van der Waals surface area contributed by atoms with Crippen molar-refractivity contribution in [1.29, 1.82) is 0 Å². The first kappa shape index (κ1) is 36.8. The molecule has 1 saturated heterocycles. The second-order valence-corrected chi connectivity index (χ2v) is 13.3. The normalized spacial score (nSPS) is 22.8. The molecule has 1 aliphatic rings. The lowest BCUT2D eigenvalue weighted by Crippen LogP contribution is -2.44. The van der Waals surface area contributed by atoms with Gasteiger partial charge in [0.1, 0.15) is 29.9 Å². The molecule has 2 aromatic carbocycles. The number of nitrogens with zero attached hydrogens (tertiary/aromatic N) is 4. The molecule has 1 fully saturated rings. The maximum atomic E-state index is 14.9. The highest BCUT2D eigenvalue weighted by atomic mass is 31.2. The van der Waals surface area contributed by atoms with E-state index in [4.69, 9.17) is 29.2 Å². The molecule has 1 aliphatic heterocycles. The fourth-order valence-corrected chi connectivity index (χ4v) is 7.27. The summed E-state index contributed by atoms with van der Waals surface area (Å²) in [6.45, 7) is 4.05. The number of nitrogens with two attached hydrogens (primary N) is 1. The van der Waals surface area contributed by atoms with Gasteiger partial charge in [0, 0.05) is 0 Å². The monoisotopic (exact) mass is 713 g/mol. The van der Waals surface area contributed by atoms with Crippen LogP contribution in [0.1, 0.15) is 50.2 Å². The van der Waals surface area contributed by atoms with Crippen LogP contribution >= 0.6 is 7.67 Å². The van der Waals surface area contributed by atoms with E-state index >= 15 is 0 Å². The number of hydrogen-bond acceptors (Lipinski definition) is 14. The lowest BCUT2D eigenvalue weighted by molar-refractivity contribution is -0.145. The highest BCUT2D eigenvalue weighted by Crippen LogP contribution is 2.47. The maximum absolute atomic E-state index is 14.9. The van der Waals surface area contributed by atoms with Crippen molar-refractivity contribution >= 4 is 36.7 Å². The van der Waals surface area contributed by atoms with E-state index in [-0.39, 0.29) is 36.2 Å². The van der Waals surface area contributed by atoms with Gasteiger partial charge in [0.25, 0.3) is 0 Å². The molecule has 4 aromatic rings. The predicted molar refractivity (Wildman–Crippen MR) is 178 cm³/mol. The van der Waals surface area contributed by atoms with Crippen molar-refractivity contribution in [2.24, 2.45) is 0 Å². The molecule has 0 amide bonds. The molecule has 5 rings (SSSR count). The van der Waals surface area contributed by atoms with Crippen molar-refractivity contribution in [3.63, 3.8) is 0 Å². The van der Waals surface area contributed by atoms with Crippen molar-refractivity contribution in [3.05, 3.63) is 78.1 Å². The van der Waals surface area contributed by atoms with Crippen LogP contribution in [0.3, 0.4) is 0 Å². The van der Waals surface area contributed by atoms with Crippen molar-refractivity contribution < 1.29 is 47.8 Å². The first-order valence-electron chi connectivity index (χ1n) is 15.8. The van der Waals surface area contributed by atoms with Gasteiger partial charge in [-0.3, -0.25) is 9.13 Å². The average Bonchev–Trinajstić information content (AvgIpc) is 3.62. The third kappa shape index (κ3) is 7.79. The zero-order valence-electron chi connectivity index (χ0n) is 27.8. The van der Waals surface area contributed by atoms with Gasteiger partial charge in [-0.05, 0) is 31.9 Å². The third-order valence-electron chi connectivity index (χ3n) is 7.94. The van der Waals surface area contributed by atoms with E-state index in [1.54, 1.807) is 74.5 Å². The number of hydrogen-bond donors (Lipinski definition) is 5. The molecule has 0 spiro atoms. The van der Waals surface area contributed by atoms with Crippen molar-refractivity contribution in [2.45, 2.75) is 56.9 Å². The Morgan fingerprint density at radius 2 is 1.54 bits per heavy atom. The number of aromatic nitrogens is 4. The summed E-state index contributed by atoms with van der Waals surface area (Å²) in [6, 6.07) is 14.1. The number of ether oxygens (including phenoxy) is 4. The smallest absolute Gasteiger partial charge is 0.342 e. The molecule has 50 heavy (non-hydrogen) atoms. The van der Waals surface area contributed by atoms with Gasteiger partial charge in [-0.15, -0.1) is 0 Å². The largest absolute Gasteiger partial charge is 0.479 e. The standard InChI is InChI=1S/C32H40N7O10P/c1-5-46-28(41)22(19-13-9-7-10-14-19)37-50(44,38-23(29(42)47-6-2)20-15-11-8-12-16-20)48-17-21-25(40)32(3,43)30(49-21)39-18-34-24-26(39)35-31(33)36-27(24)45-4/h7-16,18,21-23,25,30,40,43H,5-6,17H2,1-4H3,(H2,33,35,36)(H2,37,38,44)/t21-,22-,23+,25?,30-,32+,50?/m1/s1. The summed E-state index contributed by atoms with van der Waals surface area (Å²) in [6.07, 6.45) is -2.88. The number of anilines is 1. The minimum absolute atomic E-state index is 0.0296. The number of nitrogens with one attached hydrogen (secondary N) is 2. The van der Waals surface area contributed by atoms with Gasteiger partial charge in [0.2, 0.25) is 11.8 Å². The fraction of sp³-hybridized carbons (Fsp3) is 0.406. The number of methoxy groups -OCH3 is 1. The van der Waals surface area contributed by atoms with Gasteiger partial charge in [-0.1, -0.05) is 60.7 Å². The summed E-state index contributed by atoms with van der Waals surface area (Å²) in [4.78, 5) is 39.0. The number of carbonyl (C=O) groups is 2. The molecule has 2 aromatic heterocycles. The lowest BCUT2D eigenvalue weighted by Gasteiger charge is -2.30. The second kappa shape index (κ2) is 15.6. The van der Waals surface area contributed by atoms with Crippen LogP contribution in [0, 0.1) is 0 Å². The molecule has 6 N–H and O–H groups in total. The molecular formula is C32H40N7O10P. The van der Waals surface area contributed by atoms with Crippen LogP contribution < -0.4 is 20.6 Å². The van der Waals surface area contributed by atoms with Gasteiger partial charge in [-0.25, -0.2) is 24.7 Å². The summed E-state index contributed by atoms with van der Waals surface area (Å²) >= 11 is 0. The van der Waals surface area contributed by atoms with E-state index in [1.807, 2.05) is 0 Å². The van der Waals surface area contributed by atoms with Crippen LogP contribution in [0.4, 0.5) is 5.95 Å². The summed E-state index contributed by atoms with van der Waals surface area (Å²) < 4.78 is 44.2. The number of fused-ring (bicyclic) bond motifs is 1. The molecule has 0 radical (unpaired) electrons. The Morgan fingerprint density at radius 3 is 2.04 bits per heavy atom. The molecule has 0 bridgehead atoms. The highest BCUT2D eigenvalue weighted by Gasteiger charge is 2.54.